The van der Waals surface area contributed by atoms with Crippen LogP contribution in [0.25, 0.3) is 103 Å². The Bertz CT molecular complexity index is 3900. The second-order valence-corrected chi connectivity index (χ2v) is 17.9. The van der Waals surface area contributed by atoms with Gasteiger partial charge in [0.05, 0.1) is 22.4 Å². The number of hydrogen-bond acceptors (Lipinski definition) is 2. The molecule has 304 valence electrons. The molecule has 0 saturated heterocycles. The van der Waals surface area contributed by atoms with Crippen molar-refractivity contribution in [3.8, 4) is 39.1 Å². The van der Waals surface area contributed by atoms with Crippen LogP contribution in [0.1, 0.15) is 0 Å². The van der Waals surface area contributed by atoms with E-state index in [4.69, 9.17) is 0 Å². The lowest BCUT2D eigenvalue weighted by Gasteiger charge is -2.29. The third-order valence-electron chi connectivity index (χ3n) is 13.2. The molecule has 0 atom stereocenters. The predicted octanol–water partition coefficient (Wildman–Crippen LogP) is 17.9. The van der Waals surface area contributed by atoms with Crippen molar-refractivity contribution in [1.82, 2.24) is 4.57 Å². The van der Waals surface area contributed by atoms with Crippen LogP contribution in [0.15, 0.2) is 243 Å². The van der Waals surface area contributed by atoms with Crippen LogP contribution in [0.4, 0.5) is 17.1 Å². The zero-order valence-corrected chi connectivity index (χ0v) is 36.2. The van der Waals surface area contributed by atoms with Crippen LogP contribution in [0.3, 0.4) is 0 Å². The van der Waals surface area contributed by atoms with Gasteiger partial charge in [0.1, 0.15) is 0 Å². The summed E-state index contributed by atoms with van der Waals surface area (Å²) in [6.07, 6.45) is 0. The van der Waals surface area contributed by atoms with Gasteiger partial charge < -0.3 is 9.47 Å². The van der Waals surface area contributed by atoms with Crippen LogP contribution in [0.5, 0.6) is 0 Å². The van der Waals surface area contributed by atoms with Gasteiger partial charge in [0.15, 0.2) is 0 Å². The van der Waals surface area contributed by atoms with E-state index in [0.29, 0.717) is 0 Å². The summed E-state index contributed by atoms with van der Waals surface area (Å²) in [5.41, 5.74) is 14.0. The number of hydrogen-bond donors (Lipinski definition) is 0. The van der Waals surface area contributed by atoms with Crippen molar-refractivity contribution < 1.29 is 0 Å². The van der Waals surface area contributed by atoms with E-state index < -0.39 is 0 Å². The standard InChI is InChI=1S/C62H40N2S/c1-2-18-44(19-3-1)63(45-36-33-41(34-37-45)54-39-42-17-4-5-20-46(42)48-22-6-7-23-49(48)54)59-38-35-43(40-55(59)52-27-16-32-61-62(52)53-26-11-15-31-60(53)65-61)47-21-8-12-28-56(47)64-57-29-13-9-24-50(57)51-25-10-14-30-58(51)64/h1-40H. The van der Waals surface area contributed by atoms with E-state index in [1.165, 1.54) is 91.3 Å². The molecule has 0 radical (unpaired) electrons. The first-order valence-electron chi connectivity index (χ1n) is 22.3. The number of nitrogens with zero attached hydrogens (tertiary/aromatic N) is 2. The van der Waals surface area contributed by atoms with Gasteiger partial charge >= 0.3 is 0 Å². The number of rotatable bonds is 7. The lowest BCUT2D eigenvalue weighted by Crippen LogP contribution is -2.11. The smallest absolute Gasteiger partial charge is 0.0541 e. The summed E-state index contributed by atoms with van der Waals surface area (Å²) in [5, 5.41) is 10.1. The summed E-state index contributed by atoms with van der Waals surface area (Å²) in [6, 6.07) is 89.1. The molecular formula is C62H40N2S. The molecule has 0 N–H and O–H groups in total. The van der Waals surface area contributed by atoms with Crippen molar-refractivity contribution in [3.63, 3.8) is 0 Å². The maximum absolute atomic E-state index is 2.44. The monoisotopic (exact) mass is 844 g/mol. The molecule has 0 bridgehead atoms. The normalized spacial score (nSPS) is 11.7. The van der Waals surface area contributed by atoms with Crippen molar-refractivity contribution in [2.75, 3.05) is 4.90 Å². The van der Waals surface area contributed by atoms with Crippen LogP contribution in [0.2, 0.25) is 0 Å². The van der Waals surface area contributed by atoms with Gasteiger partial charge in [-0.3, -0.25) is 0 Å². The van der Waals surface area contributed by atoms with Crippen LogP contribution >= 0.6 is 11.3 Å². The number of para-hydroxylation sites is 4. The lowest BCUT2D eigenvalue weighted by molar-refractivity contribution is 1.18. The van der Waals surface area contributed by atoms with Gasteiger partial charge in [-0.05, 0) is 117 Å². The Kier molecular flexibility index (Phi) is 8.75. The highest BCUT2D eigenvalue weighted by Gasteiger charge is 2.23. The molecule has 0 spiro atoms. The quantitative estimate of drug-likeness (QED) is 0.145. The number of thiophene rings is 1. The molecule has 0 saturated carbocycles. The maximum atomic E-state index is 2.44. The zero-order chi connectivity index (χ0) is 42.8. The lowest BCUT2D eigenvalue weighted by atomic mass is 9.92. The van der Waals surface area contributed by atoms with E-state index in [1.54, 1.807) is 0 Å². The molecule has 0 fully saturated rings. The Hall–Kier alpha value is -8.24. The average Bonchev–Trinajstić information content (AvgIpc) is 3.93. The Morgan fingerprint density at radius 2 is 0.892 bits per heavy atom. The summed E-state index contributed by atoms with van der Waals surface area (Å²) in [7, 11) is 0. The van der Waals surface area contributed by atoms with Crippen LogP contribution < -0.4 is 4.90 Å². The molecule has 13 rings (SSSR count). The third kappa shape index (κ3) is 6.08. The Balaban J connectivity index is 1.04. The van der Waals surface area contributed by atoms with Gasteiger partial charge in [-0.15, -0.1) is 11.3 Å². The second kappa shape index (κ2) is 15.2. The summed E-state index contributed by atoms with van der Waals surface area (Å²) < 4.78 is 5.02. The molecule has 0 aliphatic heterocycles. The molecule has 0 unspecified atom stereocenters. The van der Waals surface area contributed by atoms with Crippen molar-refractivity contribution >= 4 is 91.9 Å². The van der Waals surface area contributed by atoms with Gasteiger partial charge in [0, 0.05) is 53.4 Å². The van der Waals surface area contributed by atoms with E-state index in [0.717, 1.165) is 28.3 Å². The number of benzene rings is 11. The average molecular weight is 845 g/mol. The summed E-state index contributed by atoms with van der Waals surface area (Å²) in [5.74, 6) is 0. The molecule has 13 aromatic rings. The van der Waals surface area contributed by atoms with E-state index in [9.17, 15) is 0 Å². The number of anilines is 3. The minimum atomic E-state index is 1.09. The largest absolute Gasteiger partial charge is 0.310 e. The predicted molar refractivity (Wildman–Crippen MR) is 280 cm³/mol. The van der Waals surface area contributed by atoms with Crippen LogP contribution in [0, 0.1) is 0 Å². The molecule has 65 heavy (non-hydrogen) atoms. The molecule has 0 aliphatic rings. The number of aromatic nitrogens is 1. The Morgan fingerprint density at radius 1 is 0.323 bits per heavy atom. The van der Waals surface area contributed by atoms with E-state index in [-0.39, 0.29) is 0 Å². The fourth-order valence-electron chi connectivity index (χ4n) is 10.3. The van der Waals surface area contributed by atoms with E-state index in [2.05, 4.69) is 252 Å². The van der Waals surface area contributed by atoms with Gasteiger partial charge in [-0.25, -0.2) is 0 Å². The molecule has 2 aromatic heterocycles. The maximum Gasteiger partial charge on any atom is 0.0541 e. The minimum absolute atomic E-state index is 1.09. The molecule has 2 nitrogen and oxygen atoms in total. The summed E-state index contributed by atoms with van der Waals surface area (Å²) in [4.78, 5) is 2.44. The third-order valence-corrected chi connectivity index (χ3v) is 14.3. The van der Waals surface area contributed by atoms with Crippen LogP contribution in [-0.2, 0) is 0 Å². The number of fused-ring (bicyclic) bond motifs is 9. The SMILES string of the molecule is c1ccc(N(c2ccc(-c3cc4ccccc4c4ccccc34)cc2)c2ccc(-c3ccccc3-n3c4ccccc4c4ccccc43)cc2-c2cccc3sc4ccccc4c23)cc1. The molecule has 3 heteroatoms. The minimum Gasteiger partial charge on any atom is -0.310 e. The van der Waals surface area contributed by atoms with E-state index in [1.807, 2.05) is 11.3 Å². The fourth-order valence-corrected chi connectivity index (χ4v) is 11.4. The first-order chi connectivity index (χ1) is 32.3. The van der Waals surface area contributed by atoms with Gasteiger partial charge in [-0.2, -0.15) is 0 Å². The topological polar surface area (TPSA) is 8.17 Å². The van der Waals surface area contributed by atoms with Crippen molar-refractivity contribution in [1.29, 1.82) is 0 Å². The van der Waals surface area contributed by atoms with Crippen LogP contribution in [-0.4, -0.2) is 4.57 Å². The van der Waals surface area contributed by atoms with E-state index >= 15 is 0 Å². The molecular weight excluding hydrogens is 805 g/mol. The second-order valence-electron chi connectivity index (χ2n) is 16.8. The molecule has 0 amide bonds. The van der Waals surface area contributed by atoms with Gasteiger partial charge in [0.2, 0.25) is 0 Å². The Labute approximate surface area is 381 Å². The first kappa shape index (κ1) is 37.3. The highest BCUT2D eigenvalue weighted by molar-refractivity contribution is 7.25. The van der Waals surface area contributed by atoms with Gasteiger partial charge in [0.25, 0.3) is 0 Å². The highest BCUT2D eigenvalue weighted by Crippen LogP contribution is 2.48. The first-order valence-corrected chi connectivity index (χ1v) is 23.1. The van der Waals surface area contributed by atoms with Gasteiger partial charge in [-0.1, -0.05) is 170 Å². The molecule has 11 aromatic carbocycles. The molecule has 2 heterocycles. The van der Waals surface area contributed by atoms with Crippen molar-refractivity contribution in [2.45, 2.75) is 0 Å². The summed E-state index contributed by atoms with van der Waals surface area (Å²) in [6.45, 7) is 0. The summed E-state index contributed by atoms with van der Waals surface area (Å²) >= 11 is 1.86. The zero-order valence-electron chi connectivity index (χ0n) is 35.4. The highest BCUT2D eigenvalue weighted by atomic mass is 32.1. The van der Waals surface area contributed by atoms with Crippen molar-refractivity contribution in [3.05, 3.63) is 243 Å². The Morgan fingerprint density at radius 3 is 1.68 bits per heavy atom. The fraction of sp³-hybridized carbons (Fsp3) is 0. The molecule has 0 aliphatic carbocycles. The van der Waals surface area contributed by atoms with Crippen molar-refractivity contribution in [2.24, 2.45) is 0 Å².